The first-order valence-corrected chi connectivity index (χ1v) is 10.6. The number of hydrogen-bond acceptors (Lipinski definition) is 2. The highest BCUT2D eigenvalue weighted by Gasteiger charge is 2.35. The molecule has 20 heavy (non-hydrogen) atoms. The standard InChI is InChI=1S/C16H32S2.C2H6/c1-7-9-13(8-2)15(3,4)12-16(5,6)18-11-14-10-17-14;1-2/h13-14H,7-12H2,1-6H3;1-2H3. The summed E-state index contributed by atoms with van der Waals surface area (Å²) in [7, 11) is 0. The topological polar surface area (TPSA) is 0 Å². The van der Waals surface area contributed by atoms with Gasteiger partial charge in [0.25, 0.3) is 0 Å². The van der Waals surface area contributed by atoms with Gasteiger partial charge in [0, 0.05) is 21.5 Å². The molecule has 0 amide bonds. The molecule has 0 aromatic heterocycles. The van der Waals surface area contributed by atoms with E-state index in [-0.39, 0.29) is 0 Å². The molecule has 0 aromatic carbocycles. The van der Waals surface area contributed by atoms with E-state index in [1.54, 1.807) is 0 Å². The monoisotopic (exact) mass is 318 g/mol. The zero-order chi connectivity index (χ0) is 15.8. The van der Waals surface area contributed by atoms with Crippen LogP contribution >= 0.6 is 23.5 Å². The summed E-state index contributed by atoms with van der Waals surface area (Å²) in [5.74, 6) is 3.65. The molecule has 0 N–H and O–H groups in total. The Bertz CT molecular complexity index is 242. The van der Waals surface area contributed by atoms with Crippen molar-refractivity contribution >= 4 is 23.5 Å². The molecular weight excluding hydrogens is 280 g/mol. The minimum Gasteiger partial charge on any atom is -0.156 e. The van der Waals surface area contributed by atoms with Gasteiger partial charge in [-0.05, 0) is 17.8 Å². The Morgan fingerprint density at radius 3 is 2.10 bits per heavy atom. The van der Waals surface area contributed by atoms with Gasteiger partial charge < -0.3 is 0 Å². The van der Waals surface area contributed by atoms with Gasteiger partial charge >= 0.3 is 0 Å². The third-order valence-corrected chi connectivity index (χ3v) is 6.86. The van der Waals surface area contributed by atoms with Crippen LogP contribution in [0.15, 0.2) is 0 Å². The number of hydrogen-bond donors (Lipinski definition) is 0. The van der Waals surface area contributed by atoms with Crippen LogP contribution in [-0.2, 0) is 0 Å². The Hall–Kier alpha value is 0.700. The van der Waals surface area contributed by atoms with E-state index in [4.69, 9.17) is 0 Å². The molecule has 0 aromatic rings. The van der Waals surface area contributed by atoms with Gasteiger partial charge in [-0.25, -0.2) is 0 Å². The molecule has 0 bridgehead atoms. The summed E-state index contributed by atoms with van der Waals surface area (Å²) in [6.07, 6.45) is 5.40. The molecular formula is C18H38S2. The molecule has 2 atom stereocenters. The van der Waals surface area contributed by atoms with E-state index in [0.29, 0.717) is 10.2 Å². The fraction of sp³-hybridized carbons (Fsp3) is 1.00. The van der Waals surface area contributed by atoms with Gasteiger partial charge in [-0.2, -0.15) is 23.5 Å². The van der Waals surface area contributed by atoms with Crippen LogP contribution in [0.5, 0.6) is 0 Å². The highest BCUT2D eigenvalue weighted by Crippen LogP contribution is 2.45. The van der Waals surface area contributed by atoms with E-state index in [1.165, 1.54) is 37.2 Å². The van der Waals surface area contributed by atoms with Crippen molar-refractivity contribution in [2.24, 2.45) is 11.3 Å². The van der Waals surface area contributed by atoms with Crippen molar-refractivity contribution in [2.45, 2.75) is 91.1 Å². The van der Waals surface area contributed by atoms with Gasteiger partial charge in [-0.15, -0.1) is 0 Å². The minimum absolute atomic E-state index is 0.438. The maximum atomic E-state index is 2.49. The van der Waals surface area contributed by atoms with Crippen LogP contribution in [0.2, 0.25) is 0 Å². The van der Waals surface area contributed by atoms with Crippen LogP contribution in [0.4, 0.5) is 0 Å². The summed E-state index contributed by atoms with van der Waals surface area (Å²) in [6.45, 7) is 18.6. The van der Waals surface area contributed by atoms with Crippen molar-refractivity contribution in [1.82, 2.24) is 0 Å². The van der Waals surface area contributed by atoms with Crippen molar-refractivity contribution in [1.29, 1.82) is 0 Å². The third-order valence-electron chi connectivity index (χ3n) is 4.18. The lowest BCUT2D eigenvalue weighted by Crippen LogP contribution is -2.32. The zero-order valence-electron chi connectivity index (χ0n) is 15.2. The van der Waals surface area contributed by atoms with Gasteiger partial charge in [0.15, 0.2) is 0 Å². The van der Waals surface area contributed by atoms with Crippen LogP contribution in [0.1, 0.15) is 81.1 Å². The second kappa shape index (κ2) is 9.66. The summed E-state index contributed by atoms with van der Waals surface area (Å²) in [4.78, 5) is 0. The van der Waals surface area contributed by atoms with Crippen molar-refractivity contribution in [2.75, 3.05) is 11.5 Å². The first kappa shape index (κ1) is 20.7. The number of thioether (sulfide) groups is 2. The van der Waals surface area contributed by atoms with E-state index >= 15 is 0 Å². The maximum absolute atomic E-state index is 2.49. The average molecular weight is 319 g/mol. The van der Waals surface area contributed by atoms with E-state index in [9.17, 15) is 0 Å². The van der Waals surface area contributed by atoms with Crippen LogP contribution < -0.4 is 0 Å². The summed E-state index contributed by atoms with van der Waals surface area (Å²) in [5, 5.41) is 0.968. The summed E-state index contributed by atoms with van der Waals surface area (Å²) in [5.41, 5.74) is 0.484. The van der Waals surface area contributed by atoms with Crippen molar-refractivity contribution in [3.8, 4) is 0 Å². The molecule has 1 saturated heterocycles. The largest absolute Gasteiger partial charge is 0.156 e. The van der Waals surface area contributed by atoms with Gasteiger partial charge in [0.2, 0.25) is 0 Å². The van der Waals surface area contributed by atoms with Gasteiger partial charge in [-0.3, -0.25) is 0 Å². The van der Waals surface area contributed by atoms with Crippen molar-refractivity contribution in [3.05, 3.63) is 0 Å². The summed E-state index contributed by atoms with van der Waals surface area (Å²) in [6, 6.07) is 0. The highest BCUT2D eigenvalue weighted by molar-refractivity contribution is 8.09. The van der Waals surface area contributed by atoms with Gasteiger partial charge in [0.05, 0.1) is 0 Å². The summed E-state index contributed by atoms with van der Waals surface area (Å²) < 4.78 is 0.438. The smallest absolute Gasteiger partial charge is 0.0229 e. The Morgan fingerprint density at radius 2 is 1.70 bits per heavy atom. The summed E-state index contributed by atoms with van der Waals surface area (Å²) >= 11 is 4.33. The molecule has 1 aliphatic heterocycles. The molecule has 0 spiro atoms. The van der Waals surface area contributed by atoms with Crippen LogP contribution in [0.3, 0.4) is 0 Å². The molecule has 0 aliphatic carbocycles. The lowest BCUT2D eigenvalue weighted by Gasteiger charge is -2.40. The molecule has 1 aliphatic rings. The molecule has 0 saturated carbocycles. The molecule has 1 rings (SSSR count). The van der Waals surface area contributed by atoms with E-state index < -0.39 is 0 Å². The predicted molar refractivity (Wildman–Crippen MR) is 101 cm³/mol. The quantitative estimate of drug-likeness (QED) is 0.425. The van der Waals surface area contributed by atoms with Crippen LogP contribution in [0.25, 0.3) is 0 Å². The van der Waals surface area contributed by atoms with E-state index in [1.807, 2.05) is 13.8 Å². The molecule has 2 heteroatoms. The molecule has 2 unspecified atom stereocenters. The van der Waals surface area contributed by atoms with Crippen molar-refractivity contribution < 1.29 is 0 Å². The van der Waals surface area contributed by atoms with Crippen molar-refractivity contribution in [3.63, 3.8) is 0 Å². The minimum atomic E-state index is 0.438. The fourth-order valence-electron chi connectivity index (χ4n) is 3.27. The normalized spacial score (nSPS) is 20.1. The first-order chi connectivity index (χ1) is 9.30. The lowest BCUT2D eigenvalue weighted by atomic mass is 9.70. The third kappa shape index (κ3) is 8.22. The molecule has 122 valence electrons. The second-order valence-electron chi connectivity index (χ2n) is 7.09. The predicted octanol–water partition coefficient (Wildman–Crippen LogP) is 6.88. The average Bonchev–Trinajstić information content (AvgIpc) is 3.18. The molecule has 1 heterocycles. The van der Waals surface area contributed by atoms with E-state index in [2.05, 4.69) is 65.1 Å². The van der Waals surface area contributed by atoms with E-state index in [0.717, 1.165) is 11.2 Å². The fourth-order valence-corrected chi connectivity index (χ4v) is 5.49. The Morgan fingerprint density at radius 1 is 1.15 bits per heavy atom. The molecule has 1 fully saturated rings. The Kier molecular flexibility index (Phi) is 10.0. The van der Waals surface area contributed by atoms with Crippen LogP contribution in [-0.4, -0.2) is 21.5 Å². The Balaban J connectivity index is 0.00000172. The van der Waals surface area contributed by atoms with Crippen LogP contribution in [0, 0.1) is 11.3 Å². The molecule has 0 nitrogen and oxygen atoms in total. The maximum Gasteiger partial charge on any atom is 0.0229 e. The second-order valence-corrected chi connectivity index (χ2v) is 10.1. The van der Waals surface area contributed by atoms with Gasteiger partial charge in [-0.1, -0.05) is 74.7 Å². The first-order valence-electron chi connectivity index (χ1n) is 8.56. The number of rotatable bonds is 9. The zero-order valence-corrected chi connectivity index (χ0v) is 16.8. The SMILES string of the molecule is CC.CCCC(CC)C(C)(C)CC(C)(C)SCC1CS1. The Labute approximate surface area is 137 Å². The van der Waals surface area contributed by atoms with Gasteiger partial charge in [0.1, 0.15) is 0 Å². The molecule has 0 radical (unpaired) electrons. The highest BCUT2D eigenvalue weighted by atomic mass is 32.2. The lowest BCUT2D eigenvalue weighted by molar-refractivity contribution is 0.162.